The topological polar surface area (TPSA) is 61.7 Å². The predicted molar refractivity (Wildman–Crippen MR) is 53.8 cm³/mol. The van der Waals surface area contributed by atoms with Crippen LogP contribution in [-0.2, 0) is 4.74 Å². The van der Waals surface area contributed by atoms with Crippen LogP contribution in [0.4, 0.5) is 0 Å². The molecule has 3 unspecified atom stereocenters. The molecule has 0 aromatic rings. The molecule has 0 aromatic heterocycles. The normalized spacial score (nSPS) is 16.8. The summed E-state index contributed by atoms with van der Waals surface area (Å²) in [7, 11) is 2.67. The highest BCUT2D eigenvalue weighted by atomic mass is 16.5. The number of nitrogens with one attached hydrogen (secondary N) is 1. The van der Waals surface area contributed by atoms with Gasteiger partial charge in [-0.05, 0) is 20.8 Å². The summed E-state index contributed by atoms with van der Waals surface area (Å²) in [5.74, 6) is 0. The van der Waals surface area contributed by atoms with Gasteiger partial charge in [-0.25, -0.2) is 0 Å². The zero-order valence-corrected chi connectivity index (χ0v) is 9.24. The third-order valence-electron chi connectivity index (χ3n) is 1.69. The van der Waals surface area contributed by atoms with Crippen molar-refractivity contribution < 1.29 is 14.9 Å². The Morgan fingerprint density at radius 2 is 1.69 bits per heavy atom. The smallest absolute Gasteiger partial charge is 0.0662 e. The molecule has 0 aliphatic rings. The molecule has 0 spiro atoms. The maximum Gasteiger partial charge on any atom is 0.0662 e. The van der Waals surface area contributed by atoms with Crippen LogP contribution in [0.25, 0.3) is 0 Å². The second-order valence-electron chi connectivity index (χ2n) is 3.05. The Kier molecular flexibility index (Phi) is 11.7. The Labute approximate surface area is 80.9 Å². The van der Waals surface area contributed by atoms with E-state index >= 15 is 0 Å². The average Bonchev–Trinajstić information content (AvgIpc) is 2.08. The fraction of sp³-hybridized carbons (Fsp3) is 1.00. The maximum atomic E-state index is 9.13. The molecule has 0 rings (SSSR count). The van der Waals surface area contributed by atoms with Gasteiger partial charge in [-0.1, -0.05) is 0 Å². The van der Waals surface area contributed by atoms with Gasteiger partial charge in [0.15, 0.2) is 0 Å². The van der Waals surface area contributed by atoms with Crippen molar-refractivity contribution in [3.8, 4) is 0 Å². The SMILES string of the molecule is CO.COCC(C)NC(C)C(C)O. The summed E-state index contributed by atoms with van der Waals surface area (Å²) in [5, 5.41) is 19.3. The van der Waals surface area contributed by atoms with Crippen molar-refractivity contribution in [3.05, 3.63) is 0 Å². The molecule has 4 heteroatoms. The molecule has 3 N–H and O–H groups in total. The van der Waals surface area contributed by atoms with E-state index in [9.17, 15) is 0 Å². The van der Waals surface area contributed by atoms with Crippen LogP contribution >= 0.6 is 0 Å². The molecule has 0 saturated carbocycles. The Bertz CT molecular complexity index is 98.9. The van der Waals surface area contributed by atoms with E-state index in [0.29, 0.717) is 12.6 Å². The molecule has 82 valence electrons. The van der Waals surface area contributed by atoms with Gasteiger partial charge in [0.2, 0.25) is 0 Å². The minimum Gasteiger partial charge on any atom is -0.400 e. The Morgan fingerprint density at radius 3 is 2.00 bits per heavy atom. The van der Waals surface area contributed by atoms with E-state index in [2.05, 4.69) is 5.32 Å². The summed E-state index contributed by atoms with van der Waals surface area (Å²) in [4.78, 5) is 0. The van der Waals surface area contributed by atoms with Crippen LogP contribution in [0, 0.1) is 0 Å². The molecule has 0 radical (unpaired) electrons. The zero-order chi connectivity index (χ0) is 10.9. The fourth-order valence-electron chi connectivity index (χ4n) is 0.886. The number of hydrogen-bond donors (Lipinski definition) is 3. The van der Waals surface area contributed by atoms with Crippen LogP contribution < -0.4 is 5.32 Å². The summed E-state index contributed by atoms with van der Waals surface area (Å²) in [6.07, 6.45) is -0.311. The molecule has 0 aliphatic carbocycles. The van der Waals surface area contributed by atoms with Gasteiger partial charge >= 0.3 is 0 Å². The standard InChI is InChI=1S/C8H19NO2.CH4O/c1-6(5-11-4)9-7(2)8(3)10;1-2/h6-10H,5H2,1-4H3;2H,1H3. The summed E-state index contributed by atoms with van der Waals surface area (Å²) < 4.78 is 4.94. The first kappa shape index (κ1) is 15.3. The first-order valence-electron chi connectivity index (χ1n) is 4.45. The van der Waals surface area contributed by atoms with E-state index in [1.165, 1.54) is 0 Å². The summed E-state index contributed by atoms with van der Waals surface area (Å²) in [6, 6.07) is 0.421. The van der Waals surface area contributed by atoms with Gasteiger partial charge in [0.25, 0.3) is 0 Å². The second-order valence-corrected chi connectivity index (χ2v) is 3.05. The monoisotopic (exact) mass is 193 g/mol. The lowest BCUT2D eigenvalue weighted by atomic mass is 10.2. The molecule has 13 heavy (non-hydrogen) atoms. The van der Waals surface area contributed by atoms with Gasteiger partial charge in [0, 0.05) is 26.3 Å². The van der Waals surface area contributed by atoms with Crippen molar-refractivity contribution in [2.75, 3.05) is 20.8 Å². The van der Waals surface area contributed by atoms with Gasteiger partial charge < -0.3 is 20.3 Å². The van der Waals surface area contributed by atoms with E-state index < -0.39 is 0 Å². The van der Waals surface area contributed by atoms with Gasteiger partial charge in [-0.2, -0.15) is 0 Å². The van der Waals surface area contributed by atoms with Crippen molar-refractivity contribution in [2.24, 2.45) is 0 Å². The third-order valence-corrected chi connectivity index (χ3v) is 1.69. The van der Waals surface area contributed by atoms with Crippen LogP contribution in [0.1, 0.15) is 20.8 Å². The maximum absolute atomic E-state index is 9.13. The van der Waals surface area contributed by atoms with E-state index in [4.69, 9.17) is 14.9 Å². The Morgan fingerprint density at radius 1 is 1.23 bits per heavy atom. The molecule has 3 atom stereocenters. The Hall–Kier alpha value is -0.160. The average molecular weight is 193 g/mol. The van der Waals surface area contributed by atoms with Gasteiger partial charge in [-0.3, -0.25) is 0 Å². The highest BCUT2D eigenvalue weighted by Crippen LogP contribution is 1.93. The van der Waals surface area contributed by atoms with E-state index in [0.717, 1.165) is 7.11 Å². The first-order valence-corrected chi connectivity index (χ1v) is 4.45. The molecule has 0 saturated heterocycles. The number of hydrogen-bond acceptors (Lipinski definition) is 4. The number of aliphatic hydroxyl groups excluding tert-OH is 2. The third kappa shape index (κ3) is 9.76. The molecule has 0 aliphatic heterocycles. The predicted octanol–water partition coefficient (Wildman–Crippen LogP) is -0.0113. The molecule has 4 nitrogen and oxygen atoms in total. The largest absolute Gasteiger partial charge is 0.400 e. The lowest BCUT2D eigenvalue weighted by molar-refractivity contribution is 0.123. The molecule has 0 aromatic carbocycles. The van der Waals surface area contributed by atoms with Gasteiger partial charge in [-0.15, -0.1) is 0 Å². The van der Waals surface area contributed by atoms with Crippen molar-refractivity contribution in [2.45, 2.75) is 39.0 Å². The van der Waals surface area contributed by atoms with Crippen LogP contribution in [0.5, 0.6) is 0 Å². The number of ether oxygens (including phenoxy) is 1. The van der Waals surface area contributed by atoms with Crippen LogP contribution in [0.2, 0.25) is 0 Å². The summed E-state index contributed by atoms with van der Waals surface area (Å²) in [5.41, 5.74) is 0. The number of rotatable bonds is 5. The van der Waals surface area contributed by atoms with Crippen molar-refractivity contribution in [1.29, 1.82) is 0 Å². The lowest BCUT2D eigenvalue weighted by Gasteiger charge is -2.21. The van der Waals surface area contributed by atoms with Crippen molar-refractivity contribution in [3.63, 3.8) is 0 Å². The highest BCUT2D eigenvalue weighted by molar-refractivity contribution is 4.70. The lowest BCUT2D eigenvalue weighted by Crippen LogP contribution is -2.42. The van der Waals surface area contributed by atoms with Crippen LogP contribution in [-0.4, -0.2) is 49.2 Å². The minimum absolute atomic E-state index is 0.125. The summed E-state index contributed by atoms with van der Waals surface area (Å²) >= 11 is 0. The molecule has 0 heterocycles. The second kappa shape index (κ2) is 9.92. The quantitative estimate of drug-likeness (QED) is 0.574. The van der Waals surface area contributed by atoms with Crippen LogP contribution in [0.15, 0.2) is 0 Å². The molecule has 0 amide bonds. The zero-order valence-electron chi connectivity index (χ0n) is 9.24. The van der Waals surface area contributed by atoms with Gasteiger partial charge in [0.05, 0.1) is 12.7 Å². The van der Waals surface area contributed by atoms with E-state index in [-0.39, 0.29) is 12.1 Å². The first-order chi connectivity index (χ1) is 6.07. The molecule has 0 fully saturated rings. The van der Waals surface area contributed by atoms with Crippen LogP contribution in [0.3, 0.4) is 0 Å². The van der Waals surface area contributed by atoms with Gasteiger partial charge in [0.1, 0.15) is 0 Å². The molecular weight excluding hydrogens is 170 g/mol. The number of methoxy groups -OCH3 is 1. The minimum atomic E-state index is -0.311. The summed E-state index contributed by atoms with van der Waals surface area (Å²) in [6.45, 7) is 6.44. The van der Waals surface area contributed by atoms with Crippen molar-refractivity contribution >= 4 is 0 Å². The van der Waals surface area contributed by atoms with E-state index in [1.54, 1.807) is 14.0 Å². The number of aliphatic hydroxyl groups is 2. The Balaban J connectivity index is 0. The van der Waals surface area contributed by atoms with E-state index in [1.807, 2.05) is 13.8 Å². The molecule has 0 bridgehead atoms. The highest BCUT2D eigenvalue weighted by Gasteiger charge is 2.10. The molecular formula is C9H23NO3. The fourth-order valence-corrected chi connectivity index (χ4v) is 0.886. The van der Waals surface area contributed by atoms with Crippen molar-refractivity contribution in [1.82, 2.24) is 5.32 Å².